The molecule has 0 bridgehead atoms. The molecule has 0 saturated carbocycles. The van der Waals surface area contributed by atoms with Crippen molar-refractivity contribution in [3.63, 3.8) is 0 Å². The number of furan rings is 1. The Hall–Kier alpha value is -3.17. The Bertz CT molecular complexity index is 1340. The van der Waals surface area contributed by atoms with Crippen molar-refractivity contribution in [3.05, 3.63) is 64.7 Å². The number of ether oxygens (including phenoxy) is 1. The number of para-hydroxylation sites is 1. The number of hydrogen-bond acceptors (Lipinski definition) is 6. The number of thioether (sulfide) groups is 1. The van der Waals surface area contributed by atoms with E-state index in [1.807, 2.05) is 18.2 Å². The number of nitrogens with zero attached hydrogens (tertiary/aromatic N) is 2. The van der Waals surface area contributed by atoms with Gasteiger partial charge in [-0.1, -0.05) is 23.9 Å². The molecule has 3 heterocycles. The number of carbonyl (C=O) groups is 1. The van der Waals surface area contributed by atoms with Crippen LogP contribution in [0.4, 0.5) is 10.1 Å². The van der Waals surface area contributed by atoms with Crippen LogP contribution < -0.4 is 10.9 Å². The molecule has 32 heavy (non-hydrogen) atoms. The summed E-state index contributed by atoms with van der Waals surface area (Å²) in [4.78, 5) is 30.5. The smallest absolute Gasteiger partial charge is 0.297 e. The number of fused-ring (bicyclic) bond motifs is 3. The number of halogens is 1. The lowest BCUT2D eigenvalue weighted by atomic mass is 10.2. The van der Waals surface area contributed by atoms with Crippen LogP contribution in [-0.2, 0) is 16.1 Å². The molecule has 2 aromatic heterocycles. The molecule has 1 aliphatic rings. The number of hydrogen-bond donors (Lipinski definition) is 1. The Morgan fingerprint density at radius 2 is 2.03 bits per heavy atom. The summed E-state index contributed by atoms with van der Waals surface area (Å²) < 4.78 is 26.1. The molecule has 0 unspecified atom stereocenters. The zero-order chi connectivity index (χ0) is 22.1. The highest BCUT2D eigenvalue weighted by Gasteiger charge is 2.23. The molecule has 7 nitrogen and oxygen atoms in total. The number of amides is 1. The van der Waals surface area contributed by atoms with E-state index in [-0.39, 0.29) is 34.7 Å². The standard InChI is InChI=1S/C23H20FN3O4S/c24-14-7-9-15(10-8-14)25-19(28)13-32-23-26-20-17-5-1-2-6-18(17)31-21(20)22(29)27(23)12-16-4-3-11-30-16/h1-2,5-10,16H,3-4,11-13H2,(H,25,28)/t16-/m1/s1. The van der Waals surface area contributed by atoms with Crippen molar-refractivity contribution in [1.82, 2.24) is 9.55 Å². The van der Waals surface area contributed by atoms with Crippen LogP contribution in [0.5, 0.6) is 0 Å². The first-order valence-electron chi connectivity index (χ1n) is 10.3. The van der Waals surface area contributed by atoms with Gasteiger partial charge >= 0.3 is 0 Å². The van der Waals surface area contributed by atoms with Crippen LogP contribution in [0, 0.1) is 5.82 Å². The predicted molar refractivity (Wildman–Crippen MR) is 121 cm³/mol. The van der Waals surface area contributed by atoms with Crippen molar-refractivity contribution in [2.45, 2.75) is 30.6 Å². The quantitative estimate of drug-likeness (QED) is 0.348. The van der Waals surface area contributed by atoms with Gasteiger partial charge in [0.1, 0.15) is 16.9 Å². The minimum atomic E-state index is -0.375. The van der Waals surface area contributed by atoms with Gasteiger partial charge in [-0.25, -0.2) is 9.37 Å². The third kappa shape index (κ3) is 4.13. The lowest BCUT2D eigenvalue weighted by Crippen LogP contribution is -2.29. The van der Waals surface area contributed by atoms with Crippen molar-refractivity contribution in [1.29, 1.82) is 0 Å². The lowest BCUT2D eigenvalue weighted by Gasteiger charge is -2.15. The topological polar surface area (TPSA) is 86.4 Å². The first kappa shape index (κ1) is 20.7. The van der Waals surface area contributed by atoms with E-state index in [0.717, 1.165) is 18.2 Å². The van der Waals surface area contributed by atoms with Gasteiger partial charge in [0.2, 0.25) is 11.5 Å². The first-order chi connectivity index (χ1) is 15.6. The molecule has 0 aliphatic carbocycles. The Labute approximate surface area is 186 Å². The van der Waals surface area contributed by atoms with Crippen LogP contribution in [0.1, 0.15) is 12.8 Å². The van der Waals surface area contributed by atoms with Crippen molar-refractivity contribution in [2.75, 3.05) is 17.7 Å². The monoisotopic (exact) mass is 453 g/mol. The number of rotatable bonds is 6. The molecule has 5 rings (SSSR count). The summed E-state index contributed by atoms with van der Waals surface area (Å²) in [5.41, 5.74) is 1.48. The molecule has 2 aromatic carbocycles. The van der Waals surface area contributed by atoms with E-state index < -0.39 is 0 Å². The largest absolute Gasteiger partial charge is 0.448 e. The summed E-state index contributed by atoms with van der Waals surface area (Å²) in [6, 6.07) is 12.9. The molecule has 0 radical (unpaired) electrons. The molecule has 0 spiro atoms. The molecular weight excluding hydrogens is 433 g/mol. The summed E-state index contributed by atoms with van der Waals surface area (Å²) in [6.07, 6.45) is 1.73. The van der Waals surface area contributed by atoms with Crippen LogP contribution >= 0.6 is 11.8 Å². The second-order valence-corrected chi connectivity index (χ2v) is 8.51. The van der Waals surface area contributed by atoms with Gasteiger partial charge in [-0.05, 0) is 49.2 Å². The molecule has 1 atom stereocenters. The summed E-state index contributed by atoms with van der Waals surface area (Å²) in [6.45, 7) is 1.02. The van der Waals surface area contributed by atoms with Crippen LogP contribution in [0.15, 0.2) is 62.9 Å². The Kier molecular flexibility index (Phi) is 5.67. The van der Waals surface area contributed by atoms with Gasteiger partial charge in [0, 0.05) is 17.7 Å². The van der Waals surface area contributed by atoms with Gasteiger partial charge in [-0.15, -0.1) is 0 Å². The van der Waals surface area contributed by atoms with Crippen LogP contribution in [-0.4, -0.2) is 33.9 Å². The van der Waals surface area contributed by atoms with Crippen molar-refractivity contribution < 1.29 is 18.3 Å². The van der Waals surface area contributed by atoms with Crippen LogP contribution in [0.25, 0.3) is 22.1 Å². The number of anilines is 1. The molecule has 1 N–H and O–H groups in total. The van der Waals surface area contributed by atoms with Gasteiger partial charge in [-0.3, -0.25) is 14.2 Å². The maximum atomic E-state index is 13.3. The van der Waals surface area contributed by atoms with Gasteiger partial charge < -0.3 is 14.5 Å². The van der Waals surface area contributed by atoms with Gasteiger partial charge in [0.25, 0.3) is 5.56 Å². The SMILES string of the molecule is O=C(CSc1nc2c(oc3ccccc32)c(=O)n1C[C@H]1CCCO1)Nc1ccc(F)cc1. The van der Waals surface area contributed by atoms with Crippen LogP contribution in [0.2, 0.25) is 0 Å². The zero-order valence-corrected chi connectivity index (χ0v) is 17.9. The van der Waals surface area contributed by atoms with Gasteiger partial charge in [0.15, 0.2) is 5.16 Å². The zero-order valence-electron chi connectivity index (χ0n) is 17.0. The van der Waals surface area contributed by atoms with Crippen molar-refractivity contribution in [3.8, 4) is 0 Å². The van der Waals surface area contributed by atoms with E-state index in [1.54, 1.807) is 6.07 Å². The van der Waals surface area contributed by atoms with E-state index in [4.69, 9.17) is 14.1 Å². The molecule has 1 aliphatic heterocycles. The highest BCUT2D eigenvalue weighted by Crippen LogP contribution is 2.28. The molecular formula is C23H20FN3O4S. The predicted octanol–water partition coefficient (Wildman–Crippen LogP) is 4.19. The fourth-order valence-corrected chi connectivity index (χ4v) is 4.58. The van der Waals surface area contributed by atoms with E-state index in [9.17, 15) is 14.0 Å². The van der Waals surface area contributed by atoms with Gasteiger partial charge in [-0.2, -0.15) is 0 Å². The average molecular weight is 453 g/mol. The summed E-state index contributed by atoms with van der Waals surface area (Å²) in [7, 11) is 0. The maximum absolute atomic E-state index is 13.3. The third-order valence-corrected chi connectivity index (χ3v) is 6.29. The Morgan fingerprint density at radius 3 is 2.81 bits per heavy atom. The average Bonchev–Trinajstić information content (AvgIpc) is 3.44. The first-order valence-corrected chi connectivity index (χ1v) is 11.3. The molecule has 164 valence electrons. The summed E-state index contributed by atoms with van der Waals surface area (Å²) in [5.74, 6) is -0.617. The number of benzene rings is 2. The molecule has 9 heteroatoms. The normalized spacial score (nSPS) is 16.1. The van der Waals surface area contributed by atoms with E-state index in [0.29, 0.717) is 35.1 Å². The number of aromatic nitrogens is 2. The fourth-order valence-electron chi connectivity index (χ4n) is 3.78. The highest BCUT2D eigenvalue weighted by atomic mass is 32.2. The third-order valence-electron chi connectivity index (χ3n) is 5.32. The Balaban J connectivity index is 1.46. The maximum Gasteiger partial charge on any atom is 0.297 e. The van der Waals surface area contributed by atoms with E-state index >= 15 is 0 Å². The van der Waals surface area contributed by atoms with Gasteiger partial charge in [0.05, 0.1) is 18.4 Å². The Morgan fingerprint density at radius 1 is 1.22 bits per heavy atom. The second kappa shape index (κ2) is 8.76. The van der Waals surface area contributed by atoms with Crippen molar-refractivity contribution in [2.24, 2.45) is 0 Å². The molecule has 4 aromatic rings. The fraction of sp³-hybridized carbons (Fsp3) is 0.261. The molecule has 1 fully saturated rings. The second-order valence-electron chi connectivity index (χ2n) is 7.56. The van der Waals surface area contributed by atoms with E-state index in [2.05, 4.69) is 5.32 Å². The van der Waals surface area contributed by atoms with Crippen molar-refractivity contribution >= 4 is 45.4 Å². The lowest BCUT2D eigenvalue weighted by molar-refractivity contribution is -0.113. The molecule has 1 amide bonds. The van der Waals surface area contributed by atoms with E-state index in [1.165, 1.54) is 40.6 Å². The van der Waals surface area contributed by atoms with Crippen LogP contribution in [0.3, 0.4) is 0 Å². The summed E-state index contributed by atoms with van der Waals surface area (Å²) >= 11 is 1.17. The molecule has 1 saturated heterocycles. The highest BCUT2D eigenvalue weighted by molar-refractivity contribution is 7.99. The minimum absolute atomic E-state index is 0.0383. The number of carbonyl (C=O) groups excluding carboxylic acids is 1. The minimum Gasteiger partial charge on any atom is -0.448 e. The number of nitrogens with one attached hydrogen (secondary N) is 1. The summed E-state index contributed by atoms with van der Waals surface area (Å²) in [5, 5.41) is 3.90.